The molecule has 114 valence electrons. The summed E-state index contributed by atoms with van der Waals surface area (Å²) in [5.41, 5.74) is 1.04. The van der Waals surface area contributed by atoms with Crippen molar-refractivity contribution in [3.05, 3.63) is 35.9 Å². The third kappa shape index (κ3) is 4.88. The van der Waals surface area contributed by atoms with E-state index in [1.54, 1.807) is 17.8 Å². The zero-order valence-electron chi connectivity index (χ0n) is 12.4. The molecule has 1 aliphatic heterocycles. The zero-order chi connectivity index (χ0) is 15.1. The molecule has 0 bridgehead atoms. The van der Waals surface area contributed by atoms with Crippen LogP contribution >= 0.6 is 11.8 Å². The lowest BCUT2D eigenvalue weighted by Crippen LogP contribution is -2.48. The summed E-state index contributed by atoms with van der Waals surface area (Å²) in [5.74, 6) is 0.0626. The van der Waals surface area contributed by atoms with E-state index in [4.69, 9.17) is 5.11 Å². The number of benzene rings is 1. The number of carbonyl (C=O) groups is 1. The number of hydrogen-bond donors (Lipinski definition) is 1. The summed E-state index contributed by atoms with van der Waals surface area (Å²) in [6.45, 7) is 4.01. The molecule has 5 heteroatoms. The maximum Gasteiger partial charge on any atom is 0.246 e. The van der Waals surface area contributed by atoms with Crippen LogP contribution in [0, 0.1) is 0 Å². The molecule has 4 nitrogen and oxygen atoms in total. The Labute approximate surface area is 130 Å². The number of piperazine rings is 1. The van der Waals surface area contributed by atoms with E-state index in [0.717, 1.165) is 31.7 Å². The molecule has 1 saturated heterocycles. The minimum atomic E-state index is 0.0626. The molecule has 21 heavy (non-hydrogen) atoms. The van der Waals surface area contributed by atoms with Crippen LogP contribution in [0.15, 0.2) is 35.2 Å². The molecule has 1 aromatic rings. The topological polar surface area (TPSA) is 43.8 Å². The van der Waals surface area contributed by atoms with Crippen molar-refractivity contribution in [3.63, 3.8) is 0 Å². The highest BCUT2D eigenvalue weighted by Crippen LogP contribution is 2.15. The molecule has 2 rings (SSSR count). The van der Waals surface area contributed by atoms with Crippen LogP contribution < -0.4 is 0 Å². The van der Waals surface area contributed by atoms with Crippen molar-refractivity contribution in [2.75, 3.05) is 45.6 Å². The standard InChI is InChI=1S/C16H22N2O2S/c1-21-15-5-2-14(3-6-15)4-7-16(20)18-10-8-17(9-11-18)12-13-19/h2-7,19H,8-13H2,1H3. The molecule has 0 atom stereocenters. The number of aliphatic hydroxyl groups excluding tert-OH is 1. The molecule has 1 heterocycles. The number of amides is 1. The molecule has 0 spiro atoms. The Balaban J connectivity index is 1.85. The van der Waals surface area contributed by atoms with Crippen LogP contribution in [0.5, 0.6) is 0 Å². The van der Waals surface area contributed by atoms with Crippen molar-refractivity contribution in [2.24, 2.45) is 0 Å². The highest BCUT2D eigenvalue weighted by molar-refractivity contribution is 7.98. The molecule has 0 saturated carbocycles. The van der Waals surface area contributed by atoms with Gasteiger partial charge >= 0.3 is 0 Å². The van der Waals surface area contributed by atoms with Gasteiger partial charge in [0, 0.05) is 43.7 Å². The molecule has 0 aliphatic carbocycles. The quantitative estimate of drug-likeness (QED) is 0.662. The largest absolute Gasteiger partial charge is 0.395 e. The summed E-state index contributed by atoms with van der Waals surface area (Å²) in [5, 5.41) is 8.91. The Morgan fingerprint density at radius 3 is 2.48 bits per heavy atom. The Morgan fingerprint density at radius 1 is 1.24 bits per heavy atom. The predicted molar refractivity (Wildman–Crippen MR) is 87.4 cm³/mol. The van der Waals surface area contributed by atoms with Crippen molar-refractivity contribution < 1.29 is 9.90 Å². The fourth-order valence-electron chi connectivity index (χ4n) is 2.32. The SMILES string of the molecule is CSc1ccc(C=CC(=O)N2CCN(CCO)CC2)cc1. The van der Waals surface area contributed by atoms with E-state index >= 15 is 0 Å². The van der Waals surface area contributed by atoms with E-state index in [0.29, 0.717) is 6.54 Å². The lowest BCUT2D eigenvalue weighted by molar-refractivity contribution is -0.127. The highest BCUT2D eigenvalue weighted by atomic mass is 32.2. The first-order chi connectivity index (χ1) is 10.2. The van der Waals surface area contributed by atoms with Crippen LogP contribution in [0.1, 0.15) is 5.56 Å². The average Bonchev–Trinajstić information content (AvgIpc) is 2.54. The van der Waals surface area contributed by atoms with E-state index in [2.05, 4.69) is 17.0 Å². The van der Waals surface area contributed by atoms with Crippen LogP contribution in [0.4, 0.5) is 0 Å². The number of carbonyl (C=O) groups excluding carboxylic acids is 1. The molecule has 0 radical (unpaired) electrons. The molecule has 1 aromatic carbocycles. The first-order valence-corrected chi connectivity index (χ1v) is 8.39. The van der Waals surface area contributed by atoms with Gasteiger partial charge in [0.2, 0.25) is 5.91 Å². The molecule has 1 amide bonds. The van der Waals surface area contributed by atoms with E-state index in [9.17, 15) is 4.79 Å². The fraction of sp³-hybridized carbons (Fsp3) is 0.438. The minimum Gasteiger partial charge on any atom is -0.395 e. The number of rotatable bonds is 5. The summed E-state index contributed by atoms with van der Waals surface area (Å²) in [6, 6.07) is 8.16. The van der Waals surface area contributed by atoms with Crippen molar-refractivity contribution in [3.8, 4) is 0 Å². The molecule has 0 unspecified atom stereocenters. The first kappa shape index (κ1) is 16.1. The predicted octanol–water partition coefficient (Wildman–Crippen LogP) is 1.56. The first-order valence-electron chi connectivity index (χ1n) is 7.17. The normalized spacial score (nSPS) is 16.6. The van der Waals surface area contributed by atoms with Crippen LogP contribution in [-0.2, 0) is 4.79 Å². The van der Waals surface area contributed by atoms with Gasteiger partial charge in [-0.25, -0.2) is 0 Å². The maximum atomic E-state index is 12.1. The second kappa shape index (κ2) is 8.22. The molecule has 1 fully saturated rings. The maximum absolute atomic E-state index is 12.1. The molecular weight excluding hydrogens is 284 g/mol. The lowest BCUT2D eigenvalue weighted by atomic mass is 10.2. The van der Waals surface area contributed by atoms with Gasteiger partial charge in [-0.15, -0.1) is 11.8 Å². The van der Waals surface area contributed by atoms with Gasteiger partial charge in [-0.3, -0.25) is 9.69 Å². The Morgan fingerprint density at radius 2 is 1.90 bits per heavy atom. The summed E-state index contributed by atoms with van der Waals surface area (Å²) in [6.07, 6.45) is 5.56. The average molecular weight is 306 g/mol. The second-order valence-electron chi connectivity index (χ2n) is 5.00. The second-order valence-corrected chi connectivity index (χ2v) is 5.88. The van der Waals surface area contributed by atoms with E-state index in [1.807, 2.05) is 29.4 Å². The Kier molecular flexibility index (Phi) is 6.29. The number of β-amino-alcohol motifs (C(OH)–C–C–N with tert-alkyl or cyclic N) is 1. The number of nitrogens with zero attached hydrogens (tertiary/aromatic N) is 2. The molecule has 0 aromatic heterocycles. The highest BCUT2D eigenvalue weighted by Gasteiger charge is 2.18. The van der Waals surface area contributed by atoms with Gasteiger partial charge in [0.1, 0.15) is 0 Å². The van der Waals surface area contributed by atoms with Crippen molar-refractivity contribution in [1.29, 1.82) is 0 Å². The summed E-state index contributed by atoms with van der Waals surface area (Å²) in [4.78, 5) is 17.4. The van der Waals surface area contributed by atoms with Gasteiger partial charge < -0.3 is 10.0 Å². The lowest BCUT2D eigenvalue weighted by Gasteiger charge is -2.33. The van der Waals surface area contributed by atoms with Gasteiger partial charge in [0.05, 0.1) is 6.61 Å². The van der Waals surface area contributed by atoms with E-state index < -0.39 is 0 Å². The van der Waals surface area contributed by atoms with Crippen molar-refractivity contribution in [2.45, 2.75) is 4.90 Å². The minimum absolute atomic E-state index is 0.0626. The summed E-state index contributed by atoms with van der Waals surface area (Å²) in [7, 11) is 0. The van der Waals surface area contributed by atoms with Gasteiger partial charge in [0.15, 0.2) is 0 Å². The van der Waals surface area contributed by atoms with Crippen LogP contribution in [-0.4, -0.2) is 66.4 Å². The number of aliphatic hydroxyl groups is 1. The Bertz CT molecular complexity index is 480. The van der Waals surface area contributed by atoms with E-state index in [1.165, 1.54) is 4.90 Å². The third-order valence-electron chi connectivity index (χ3n) is 3.63. The monoisotopic (exact) mass is 306 g/mol. The smallest absolute Gasteiger partial charge is 0.246 e. The van der Waals surface area contributed by atoms with E-state index in [-0.39, 0.29) is 12.5 Å². The fourth-order valence-corrected chi connectivity index (χ4v) is 2.73. The molecule has 1 aliphatic rings. The number of thioether (sulfide) groups is 1. The van der Waals surface area contributed by atoms with Crippen molar-refractivity contribution >= 4 is 23.7 Å². The zero-order valence-corrected chi connectivity index (χ0v) is 13.2. The van der Waals surface area contributed by atoms with Crippen LogP contribution in [0.2, 0.25) is 0 Å². The number of hydrogen-bond acceptors (Lipinski definition) is 4. The summed E-state index contributed by atoms with van der Waals surface area (Å²) < 4.78 is 0. The Hall–Kier alpha value is -1.30. The van der Waals surface area contributed by atoms with Crippen LogP contribution in [0.3, 0.4) is 0 Å². The molecule has 1 N–H and O–H groups in total. The van der Waals surface area contributed by atoms with Crippen molar-refractivity contribution in [1.82, 2.24) is 9.80 Å². The van der Waals surface area contributed by atoms with Gasteiger partial charge in [-0.2, -0.15) is 0 Å². The molecular formula is C16H22N2O2S. The third-order valence-corrected chi connectivity index (χ3v) is 4.38. The van der Waals surface area contributed by atoms with Gasteiger partial charge in [-0.1, -0.05) is 12.1 Å². The van der Waals surface area contributed by atoms with Gasteiger partial charge in [0.25, 0.3) is 0 Å². The van der Waals surface area contributed by atoms with Gasteiger partial charge in [-0.05, 0) is 30.0 Å². The summed E-state index contributed by atoms with van der Waals surface area (Å²) >= 11 is 1.71. The van der Waals surface area contributed by atoms with Crippen LogP contribution in [0.25, 0.3) is 6.08 Å².